The number of carbonyl (C=O) groups excluding carboxylic acids is 1. The van der Waals surface area contributed by atoms with E-state index >= 15 is 0 Å². The van der Waals surface area contributed by atoms with Gasteiger partial charge in [-0.3, -0.25) is 9.69 Å². The van der Waals surface area contributed by atoms with Crippen LogP contribution in [0.2, 0.25) is 0 Å². The number of thioether (sulfide) groups is 1. The van der Waals surface area contributed by atoms with E-state index in [4.69, 9.17) is 21.7 Å². The van der Waals surface area contributed by atoms with Crippen LogP contribution in [0.25, 0.3) is 6.08 Å². The molecule has 1 saturated heterocycles. The van der Waals surface area contributed by atoms with Gasteiger partial charge in [-0.2, -0.15) is 0 Å². The number of nitrogens with zero attached hydrogens (tertiary/aromatic N) is 1. The lowest BCUT2D eigenvalue weighted by molar-refractivity contribution is -0.121. The van der Waals surface area contributed by atoms with E-state index < -0.39 is 0 Å². The Bertz CT molecular complexity index is 875. The van der Waals surface area contributed by atoms with Crippen molar-refractivity contribution in [2.24, 2.45) is 0 Å². The molecule has 0 spiro atoms. The Kier molecular flexibility index (Phi) is 5.64. The van der Waals surface area contributed by atoms with Crippen molar-refractivity contribution < 1.29 is 14.3 Å². The number of carbonyl (C=O) groups is 1. The van der Waals surface area contributed by atoms with Gasteiger partial charge >= 0.3 is 0 Å². The molecule has 4 nitrogen and oxygen atoms in total. The van der Waals surface area contributed by atoms with Gasteiger partial charge in [0.25, 0.3) is 5.91 Å². The molecule has 0 aliphatic carbocycles. The zero-order chi connectivity index (χ0) is 18.7. The van der Waals surface area contributed by atoms with Gasteiger partial charge in [-0.25, -0.2) is 0 Å². The second kappa shape index (κ2) is 7.93. The van der Waals surface area contributed by atoms with Crippen LogP contribution in [0.4, 0.5) is 0 Å². The van der Waals surface area contributed by atoms with E-state index in [1.807, 2.05) is 30.3 Å². The molecule has 0 saturated carbocycles. The summed E-state index contributed by atoms with van der Waals surface area (Å²) >= 11 is 6.48. The largest absolute Gasteiger partial charge is 0.497 e. The molecule has 0 bridgehead atoms. The number of aryl methyl sites for hydroxylation is 1. The summed E-state index contributed by atoms with van der Waals surface area (Å²) in [5, 5.41) is 0. The second-order valence-electron chi connectivity index (χ2n) is 5.92. The molecule has 0 atom stereocenters. The molecule has 1 fully saturated rings. The first kappa shape index (κ1) is 18.5. The number of hydrogen-bond acceptors (Lipinski definition) is 5. The summed E-state index contributed by atoms with van der Waals surface area (Å²) in [6.07, 6.45) is 1.80. The summed E-state index contributed by atoms with van der Waals surface area (Å²) < 4.78 is 11.8. The van der Waals surface area contributed by atoms with E-state index in [0.717, 1.165) is 11.1 Å². The minimum absolute atomic E-state index is 0.104. The Morgan fingerprint density at radius 1 is 1.19 bits per heavy atom. The van der Waals surface area contributed by atoms with Gasteiger partial charge in [0, 0.05) is 12.6 Å². The minimum Gasteiger partial charge on any atom is -0.497 e. The molecule has 1 amide bonds. The second-order valence-corrected chi connectivity index (χ2v) is 7.59. The van der Waals surface area contributed by atoms with Crippen LogP contribution in [0.15, 0.2) is 47.4 Å². The third kappa shape index (κ3) is 4.08. The standard InChI is InChI=1S/C20H19NO3S2/c1-13-4-6-14(7-5-13)12-24-17-9-8-16(23-3)10-15(17)11-18-19(22)21(2)20(25)26-18/h4-11H,12H2,1-3H3/b18-11+. The molecule has 1 aliphatic rings. The van der Waals surface area contributed by atoms with Crippen LogP contribution in [-0.2, 0) is 11.4 Å². The van der Waals surface area contributed by atoms with E-state index in [9.17, 15) is 4.79 Å². The fraction of sp³-hybridized carbons (Fsp3) is 0.200. The monoisotopic (exact) mass is 385 g/mol. The molecule has 0 unspecified atom stereocenters. The number of benzene rings is 2. The van der Waals surface area contributed by atoms with Crippen LogP contribution in [0.5, 0.6) is 11.5 Å². The lowest BCUT2D eigenvalue weighted by Crippen LogP contribution is -2.22. The van der Waals surface area contributed by atoms with Crippen LogP contribution in [0.1, 0.15) is 16.7 Å². The van der Waals surface area contributed by atoms with Crippen LogP contribution in [0.3, 0.4) is 0 Å². The van der Waals surface area contributed by atoms with Crippen molar-refractivity contribution in [3.63, 3.8) is 0 Å². The molecule has 2 aromatic rings. The summed E-state index contributed by atoms with van der Waals surface area (Å²) in [5.74, 6) is 1.28. The summed E-state index contributed by atoms with van der Waals surface area (Å²) in [4.78, 5) is 14.3. The van der Waals surface area contributed by atoms with E-state index in [1.165, 1.54) is 22.2 Å². The minimum atomic E-state index is -0.104. The Labute approximate surface area is 162 Å². The summed E-state index contributed by atoms with van der Waals surface area (Å²) in [6, 6.07) is 13.7. The molecular formula is C20H19NO3S2. The Morgan fingerprint density at radius 3 is 2.54 bits per heavy atom. The van der Waals surface area contributed by atoms with Crippen molar-refractivity contribution in [1.29, 1.82) is 0 Å². The van der Waals surface area contributed by atoms with E-state index in [2.05, 4.69) is 19.1 Å². The van der Waals surface area contributed by atoms with Gasteiger partial charge in [0.15, 0.2) is 0 Å². The highest BCUT2D eigenvalue weighted by Crippen LogP contribution is 2.34. The highest BCUT2D eigenvalue weighted by molar-refractivity contribution is 8.26. The fourth-order valence-corrected chi connectivity index (χ4v) is 3.60. The third-order valence-corrected chi connectivity index (χ3v) is 5.49. The van der Waals surface area contributed by atoms with Gasteiger partial charge in [-0.15, -0.1) is 0 Å². The van der Waals surface area contributed by atoms with E-state index in [-0.39, 0.29) is 5.91 Å². The molecule has 0 aromatic heterocycles. The number of methoxy groups -OCH3 is 1. The third-order valence-electron chi connectivity index (χ3n) is 4.01. The van der Waals surface area contributed by atoms with Gasteiger partial charge in [-0.05, 0) is 36.8 Å². The normalized spacial score (nSPS) is 15.7. The maximum absolute atomic E-state index is 12.3. The summed E-state index contributed by atoms with van der Waals surface area (Å²) in [5.41, 5.74) is 3.07. The topological polar surface area (TPSA) is 38.8 Å². The molecule has 134 valence electrons. The summed E-state index contributed by atoms with van der Waals surface area (Å²) in [7, 11) is 3.29. The van der Waals surface area contributed by atoms with Crippen LogP contribution in [-0.4, -0.2) is 29.3 Å². The van der Waals surface area contributed by atoms with Gasteiger partial charge in [-0.1, -0.05) is 53.8 Å². The SMILES string of the molecule is COc1ccc(OCc2ccc(C)cc2)c(/C=C2/SC(=S)N(C)C2=O)c1. The zero-order valence-electron chi connectivity index (χ0n) is 14.8. The Morgan fingerprint density at radius 2 is 1.92 bits per heavy atom. The first-order chi connectivity index (χ1) is 12.5. The first-order valence-electron chi connectivity index (χ1n) is 8.06. The number of hydrogen-bond donors (Lipinski definition) is 0. The van der Waals surface area contributed by atoms with E-state index in [1.54, 1.807) is 20.2 Å². The lowest BCUT2D eigenvalue weighted by Gasteiger charge is -2.11. The van der Waals surface area contributed by atoms with Gasteiger partial charge in [0.2, 0.25) is 0 Å². The maximum Gasteiger partial charge on any atom is 0.265 e. The van der Waals surface area contributed by atoms with Crippen molar-refractivity contribution in [3.05, 3.63) is 64.1 Å². The molecule has 0 radical (unpaired) electrons. The average molecular weight is 386 g/mol. The van der Waals surface area contributed by atoms with Crippen molar-refractivity contribution in [3.8, 4) is 11.5 Å². The van der Waals surface area contributed by atoms with Gasteiger partial charge in [0.05, 0.1) is 12.0 Å². The average Bonchev–Trinajstić information content (AvgIpc) is 2.88. The molecule has 1 heterocycles. The molecule has 6 heteroatoms. The van der Waals surface area contributed by atoms with Crippen molar-refractivity contribution in [2.75, 3.05) is 14.2 Å². The number of likely N-dealkylation sites (N-methyl/N-ethyl adjacent to an activating group) is 1. The molecular weight excluding hydrogens is 366 g/mol. The summed E-state index contributed by atoms with van der Waals surface area (Å²) in [6.45, 7) is 2.50. The predicted molar refractivity (Wildman–Crippen MR) is 109 cm³/mol. The van der Waals surface area contributed by atoms with Crippen LogP contribution in [0, 0.1) is 6.92 Å². The molecule has 26 heavy (non-hydrogen) atoms. The predicted octanol–water partition coefficient (Wildman–Crippen LogP) is 4.41. The highest BCUT2D eigenvalue weighted by atomic mass is 32.2. The van der Waals surface area contributed by atoms with E-state index in [0.29, 0.717) is 27.3 Å². The highest BCUT2D eigenvalue weighted by Gasteiger charge is 2.29. The van der Waals surface area contributed by atoms with Crippen LogP contribution >= 0.6 is 24.0 Å². The fourth-order valence-electron chi connectivity index (χ4n) is 2.43. The first-order valence-corrected chi connectivity index (χ1v) is 9.28. The van der Waals surface area contributed by atoms with Crippen molar-refractivity contribution in [1.82, 2.24) is 4.90 Å². The van der Waals surface area contributed by atoms with Gasteiger partial charge < -0.3 is 9.47 Å². The Hall–Kier alpha value is -2.31. The van der Waals surface area contributed by atoms with Gasteiger partial charge in [0.1, 0.15) is 22.4 Å². The number of amides is 1. The Balaban J connectivity index is 1.87. The molecule has 3 rings (SSSR count). The quantitative estimate of drug-likeness (QED) is 0.563. The zero-order valence-corrected chi connectivity index (χ0v) is 16.4. The molecule has 1 aliphatic heterocycles. The van der Waals surface area contributed by atoms with Crippen molar-refractivity contribution >= 4 is 40.3 Å². The smallest absolute Gasteiger partial charge is 0.265 e. The number of rotatable bonds is 5. The van der Waals surface area contributed by atoms with Crippen LogP contribution < -0.4 is 9.47 Å². The van der Waals surface area contributed by atoms with Crippen molar-refractivity contribution in [2.45, 2.75) is 13.5 Å². The molecule has 0 N–H and O–H groups in total. The molecule has 2 aromatic carbocycles. The number of ether oxygens (including phenoxy) is 2. The number of thiocarbonyl (C=S) groups is 1. The lowest BCUT2D eigenvalue weighted by atomic mass is 10.1. The maximum atomic E-state index is 12.3.